The normalized spacial score (nSPS) is 12.8. The first kappa shape index (κ1) is 29.7. The Kier molecular flexibility index (Phi) is 7.34. The molecule has 0 N–H and O–H groups in total. The van der Waals surface area contributed by atoms with Gasteiger partial charge in [-0.25, -0.2) is 0 Å². The second-order valence-corrected chi connectivity index (χ2v) is 13.5. The molecule has 232 valence electrons. The molecule has 0 spiro atoms. The molecule has 0 radical (unpaired) electrons. The molecule has 0 amide bonds. The van der Waals surface area contributed by atoms with Crippen molar-refractivity contribution in [2.24, 2.45) is 0 Å². The molecule has 0 fully saturated rings. The van der Waals surface area contributed by atoms with E-state index in [0.717, 1.165) is 17.1 Å². The fraction of sp³-hybridized carbons (Fsp3) is 0.106. The smallest absolute Gasteiger partial charge is 0.0465 e. The summed E-state index contributed by atoms with van der Waals surface area (Å²) in [6.07, 6.45) is 0. The van der Waals surface area contributed by atoms with Crippen molar-refractivity contribution in [2.75, 3.05) is 4.90 Å². The van der Waals surface area contributed by atoms with Gasteiger partial charge in [0.15, 0.2) is 0 Å². The maximum Gasteiger partial charge on any atom is 0.0465 e. The Hall–Kier alpha value is -5.66. The molecule has 0 bridgehead atoms. The number of rotatable bonds is 6. The Morgan fingerprint density at radius 2 is 0.854 bits per heavy atom. The van der Waals surface area contributed by atoms with Gasteiger partial charge < -0.3 is 4.90 Å². The Bertz CT molecular complexity index is 2260. The lowest BCUT2D eigenvalue weighted by Crippen LogP contribution is -2.16. The van der Waals surface area contributed by atoms with Crippen LogP contribution in [0.3, 0.4) is 0 Å². The van der Waals surface area contributed by atoms with Gasteiger partial charge >= 0.3 is 0 Å². The lowest BCUT2D eigenvalue weighted by molar-refractivity contribution is 0.660. The molecule has 0 aromatic heterocycles. The number of hydrogen-bond donors (Lipinski definition) is 0. The Labute approximate surface area is 284 Å². The predicted octanol–water partition coefficient (Wildman–Crippen LogP) is 13.1. The summed E-state index contributed by atoms with van der Waals surface area (Å²) in [5.41, 5.74) is 18.8. The quantitative estimate of drug-likeness (QED) is 0.179. The van der Waals surface area contributed by atoms with E-state index in [1.54, 1.807) is 0 Å². The van der Waals surface area contributed by atoms with Gasteiger partial charge in [-0.1, -0.05) is 135 Å². The average molecular weight is 618 g/mol. The zero-order chi connectivity index (χ0) is 32.8. The number of hydrogen-bond acceptors (Lipinski definition) is 1. The third-order valence-corrected chi connectivity index (χ3v) is 10.2. The minimum Gasteiger partial charge on any atom is -0.310 e. The van der Waals surface area contributed by atoms with Crippen LogP contribution in [-0.2, 0) is 5.41 Å². The SMILES string of the molecule is Cc1ccccc1-c1cc(-c2ccc(N(c3ccc(-c4ccccc4)cc3)c3ccc4c(c3)C(C)(C)c3ccccc3-4)cc2)ccc1C. The zero-order valence-corrected chi connectivity index (χ0v) is 28.0. The summed E-state index contributed by atoms with van der Waals surface area (Å²) < 4.78 is 0. The molecular weight excluding hydrogens is 579 g/mol. The molecule has 1 heteroatoms. The number of fused-ring (bicyclic) bond motifs is 3. The van der Waals surface area contributed by atoms with Crippen LogP contribution in [0.25, 0.3) is 44.5 Å². The molecule has 0 unspecified atom stereocenters. The minimum absolute atomic E-state index is 0.0745. The van der Waals surface area contributed by atoms with Crippen molar-refractivity contribution >= 4 is 17.1 Å². The van der Waals surface area contributed by atoms with E-state index in [9.17, 15) is 0 Å². The average Bonchev–Trinajstić information content (AvgIpc) is 3.36. The van der Waals surface area contributed by atoms with Gasteiger partial charge in [-0.15, -0.1) is 0 Å². The number of nitrogens with zero attached hydrogens (tertiary/aromatic N) is 1. The lowest BCUT2D eigenvalue weighted by atomic mass is 9.82. The van der Waals surface area contributed by atoms with Crippen molar-refractivity contribution in [1.82, 2.24) is 0 Å². The standard InChI is InChI=1S/C47H39N/c1-32-12-8-9-15-41(32)44-30-37(19-18-33(44)2)36-22-26-39(27-23-36)48(38-24-20-35(21-25-38)34-13-6-5-7-14-34)40-28-29-43-42-16-10-11-17-45(42)47(3,4)46(43)31-40/h5-31H,1-4H3. The summed E-state index contributed by atoms with van der Waals surface area (Å²) in [5, 5.41) is 0. The van der Waals surface area contributed by atoms with Gasteiger partial charge in [-0.2, -0.15) is 0 Å². The largest absolute Gasteiger partial charge is 0.310 e. The van der Waals surface area contributed by atoms with Crippen molar-refractivity contribution in [3.63, 3.8) is 0 Å². The number of benzene rings is 7. The summed E-state index contributed by atoms with van der Waals surface area (Å²) in [4.78, 5) is 2.39. The van der Waals surface area contributed by atoms with Crippen LogP contribution in [0.15, 0.2) is 164 Å². The van der Waals surface area contributed by atoms with Crippen LogP contribution in [0.4, 0.5) is 17.1 Å². The minimum atomic E-state index is -0.0745. The zero-order valence-electron chi connectivity index (χ0n) is 28.0. The van der Waals surface area contributed by atoms with Crippen LogP contribution < -0.4 is 4.90 Å². The molecule has 0 atom stereocenters. The Morgan fingerprint density at radius 1 is 0.354 bits per heavy atom. The van der Waals surface area contributed by atoms with Crippen LogP contribution in [0.2, 0.25) is 0 Å². The summed E-state index contributed by atoms with van der Waals surface area (Å²) >= 11 is 0. The Balaban J connectivity index is 1.21. The summed E-state index contributed by atoms with van der Waals surface area (Å²) in [5.74, 6) is 0. The van der Waals surface area contributed by atoms with E-state index in [0.29, 0.717) is 0 Å². The highest BCUT2D eigenvalue weighted by Crippen LogP contribution is 2.50. The van der Waals surface area contributed by atoms with Crippen LogP contribution in [0.5, 0.6) is 0 Å². The van der Waals surface area contributed by atoms with E-state index in [2.05, 4.69) is 196 Å². The molecule has 1 aliphatic rings. The molecule has 0 heterocycles. The van der Waals surface area contributed by atoms with Crippen molar-refractivity contribution in [3.8, 4) is 44.5 Å². The fourth-order valence-corrected chi connectivity index (χ4v) is 7.48. The summed E-state index contributed by atoms with van der Waals surface area (Å²) in [6.45, 7) is 9.09. The van der Waals surface area contributed by atoms with E-state index in [4.69, 9.17) is 0 Å². The molecule has 0 saturated heterocycles. The van der Waals surface area contributed by atoms with Crippen LogP contribution >= 0.6 is 0 Å². The van der Waals surface area contributed by atoms with Gasteiger partial charge in [0.2, 0.25) is 0 Å². The highest BCUT2D eigenvalue weighted by molar-refractivity contribution is 5.86. The number of anilines is 3. The van der Waals surface area contributed by atoms with Gasteiger partial charge in [0.25, 0.3) is 0 Å². The maximum atomic E-state index is 2.41. The van der Waals surface area contributed by atoms with E-state index < -0.39 is 0 Å². The molecule has 7 aromatic rings. The topological polar surface area (TPSA) is 3.24 Å². The van der Waals surface area contributed by atoms with Gasteiger partial charge in [0.1, 0.15) is 0 Å². The Morgan fingerprint density at radius 3 is 1.54 bits per heavy atom. The molecule has 8 rings (SSSR count). The van der Waals surface area contributed by atoms with Crippen LogP contribution in [0.1, 0.15) is 36.1 Å². The van der Waals surface area contributed by atoms with Gasteiger partial charge in [-0.3, -0.25) is 0 Å². The third kappa shape index (κ3) is 5.13. The van der Waals surface area contributed by atoms with E-state index in [1.165, 1.54) is 66.8 Å². The van der Waals surface area contributed by atoms with Crippen molar-refractivity contribution in [1.29, 1.82) is 0 Å². The lowest BCUT2D eigenvalue weighted by Gasteiger charge is -2.28. The van der Waals surface area contributed by atoms with Gasteiger partial charge in [-0.05, 0) is 123 Å². The highest BCUT2D eigenvalue weighted by Gasteiger charge is 2.35. The van der Waals surface area contributed by atoms with Crippen LogP contribution in [-0.4, -0.2) is 0 Å². The molecule has 0 saturated carbocycles. The van der Waals surface area contributed by atoms with E-state index >= 15 is 0 Å². The molecule has 48 heavy (non-hydrogen) atoms. The van der Waals surface area contributed by atoms with E-state index in [-0.39, 0.29) is 5.41 Å². The predicted molar refractivity (Wildman–Crippen MR) is 204 cm³/mol. The fourth-order valence-electron chi connectivity index (χ4n) is 7.48. The van der Waals surface area contributed by atoms with Crippen molar-refractivity contribution < 1.29 is 0 Å². The maximum absolute atomic E-state index is 2.41. The number of aryl methyl sites for hydroxylation is 2. The highest BCUT2D eigenvalue weighted by atomic mass is 15.1. The first-order valence-electron chi connectivity index (χ1n) is 16.9. The van der Waals surface area contributed by atoms with Crippen molar-refractivity contribution in [3.05, 3.63) is 186 Å². The monoisotopic (exact) mass is 617 g/mol. The molecule has 0 aliphatic heterocycles. The van der Waals surface area contributed by atoms with E-state index in [1.807, 2.05) is 0 Å². The first-order valence-corrected chi connectivity index (χ1v) is 16.9. The molecule has 1 aliphatic carbocycles. The van der Waals surface area contributed by atoms with Crippen LogP contribution in [0, 0.1) is 13.8 Å². The summed E-state index contributed by atoms with van der Waals surface area (Å²) in [6, 6.07) is 60.0. The molecular formula is C47H39N. The van der Waals surface area contributed by atoms with Gasteiger partial charge in [0.05, 0.1) is 0 Å². The second kappa shape index (κ2) is 11.9. The second-order valence-electron chi connectivity index (χ2n) is 13.5. The summed E-state index contributed by atoms with van der Waals surface area (Å²) in [7, 11) is 0. The van der Waals surface area contributed by atoms with Crippen molar-refractivity contribution in [2.45, 2.75) is 33.1 Å². The molecule has 1 nitrogen and oxygen atoms in total. The first-order chi connectivity index (χ1) is 23.4. The van der Waals surface area contributed by atoms with Gasteiger partial charge in [0, 0.05) is 22.5 Å². The molecule has 7 aromatic carbocycles. The third-order valence-electron chi connectivity index (χ3n) is 10.2.